The topological polar surface area (TPSA) is 66.6 Å². The summed E-state index contributed by atoms with van der Waals surface area (Å²) in [5.74, 6) is 0.0318. The van der Waals surface area contributed by atoms with Gasteiger partial charge >= 0.3 is 0 Å². The Morgan fingerprint density at radius 2 is 1.70 bits per heavy atom. The van der Waals surface area contributed by atoms with Gasteiger partial charge in [-0.2, -0.15) is 0 Å². The highest BCUT2D eigenvalue weighted by atomic mass is 16.2. The van der Waals surface area contributed by atoms with Gasteiger partial charge in [-0.15, -0.1) is 0 Å². The van der Waals surface area contributed by atoms with E-state index in [2.05, 4.69) is 19.9 Å². The van der Waals surface area contributed by atoms with Gasteiger partial charge in [-0.1, -0.05) is 26.0 Å². The summed E-state index contributed by atoms with van der Waals surface area (Å²) in [4.78, 5) is 28.4. The summed E-state index contributed by atoms with van der Waals surface area (Å²) in [5, 5.41) is 0. The van der Waals surface area contributed by atoms with Crippen LogP contribution in [0.1, 0.15) is 42.3 Å². The predicted molar refractivity (Wildman–Crippen MR) is 91.3 cm³/mol. The molecule has 1 unspecified atom stereocenters. The predicted octanol–water partition coefficient (Wildman–Crippen LogP) is 1.44. The van der Waals surface area contributed by atoms with Crippen LogP contribution in [0.2, 0.25) is 0 Å². The monoisotopic (exact) mass is 317 g/mol. The number of amides is 2. The fourth-order valence-corrected chi connectivity index (χ4v) is 3.17. The summed E-state index contributed by atoms with van der Waals surface area (Å²) in [6.45, 7) is 8.14. The molecular weight excluding hydrogens is 290 g/mol. The maximum atomic E-state index is 12.9. The molecule has 0 bridgehead atoms. The molecule has 5 heteroatoms. The van der Waals surface area contributed by atoms with E-state index in [0.29, 0.717) is 26.2 Å². The van der Waals surface area contributed by atoms with E-state index >= 15 is 0 Å². The van der Waals surface area contributed by atoms with E-state index in [4.69, 9.17) is 5.73 Å². The lowest BCUT2D eigenvalue weighted by atomic mass is 9.96. The van der Waals surface area contributed by atoms with Gasteiger partial charge in [-0.05, 0) is 37.0 Å². The molecule has 1 aromatic carbocycles. The Morgan fingerprint density at radius 3 is 2.22 bits per heavy atom. The fraction of sp³-hybridized carbons (Fsp3) is 0.556. The van der Waals surface area contributed by atoms with Crippen molar-refractivity contribution in [3.05, 3.63) is 34.9 Å². The molecule has 23 heavy (non-hydrogen) atoms. The number of hydrogen-bond acceptors (Lipinski definition) is 3. The van der Waals surface area contributed by atoms with Gasteiger partial charge in [0.15, 0.2) is 0 Å². The van der Waals surface area contributed by atoms with Crippen molar-refractivity contribution in [1.82, 2.24) is 9.80 Å². The van der Waals surface area contributed by atoms with Gasteiger partial charge in [0.2, 0.25) is 5.91 Å². The molecule has 0 saturated carbocycles. The van der Waals surface area contributed by atoms with Gasteiger partial charge in [0, 0.05) is 31.7 Å². The zero-order chi connectivity index (χ0) is 17.0. The van der Waals surface area contributed by atoms with Crippen LogP contribution < -0.4 is 5.73 Å². The Kier molecular flexibility index (Phi) is 5.77. The van der Waals surface area contributed by atoms with Gasteiger partial charge in [-0.3, -0.25) is 9.59 Å². The lowest BCUT2D eigenvalue weighted by Gasteiger charge is -2.36. The average Bonchev–Trinajstić information content (AvgIpc) is 2.59. The number of aryl methyl sites for hydroxylation is 1. The summed E-state index contributed by atoms with van der Waals surface area (Å²) in [6.07, 6.45) is 1.79. The lowest BCUT2D eigenvalue weighted by Crippen LogP contribution is -2.53. The Hall–Kier alpha value is -1.88. The molecule has 1 fully saturated rings. The highest BCUT2D eigenvalue weighted by Crippen LogP contribution is 2.19. The van der Waals surface area contributed by atoms with Crippen LogP contribution in [-0.2, 0) is 17.6 Å². The molecule has 126 valence electrons. The third kappa shape index (κ3) is 3.72. The molecular formula is C18H27N3O2. The molecule has 0 aliphatic carbocycles. The first-order valence-electron chi connectivity index (χ1n) is 8.44. The van der Waals surface area contributed by atoms with Crippen molar-refractivity contribution >= 4 is 11.8 Å². The van der Waals surface area contributed by atoms with Crippen molar-refractivity contribution in [2.45, 2.75) is 39.7 Å². The molecule has 1 atom stereocenters. The molecule has 0 spiro atoms. The number of piperazine rings is 1. The van der Waals surface area contributed by atoms with Crippen LogP contribution in [0.3, 0.4) is 0 Å². The van der Waals surface area contributed by atoms with E-state index in [-0.39, 0.29) is 11.8 Å². The highest BCUT2D eigenvalue weighted by Gasteiger charge is 2.27. The van der Waals surface area contributed by atoms with Crippen molar-refractivity contribution in [3.8, 4) is 0 Å². The highest BCUT2D eigenvalue weighted by molar-refractivity contribution is 5.96. The summed E-state index contributed by atoms with van der Waals surface area (Å²) < 4.78 is 0. The van der Waals surface area contributed by atoms with Gasteiger partial charge < -0.3 is 15.5 Å². The molecule has 5 nitrogen and oxygen atoms in total. The van der Waals surface area contributed by atoms with E-state index < -0.39 is 6.04 Å². The maximum absolute atomic E-state index is 12.9. The molecule has 1 aliphatic rings. The van der Waals surface area contributed by atoms with Crippen molar-refractivity contribution in [2.75, 3.05) is 26.2 Å². The third-order valence-corrected chi connectivity index (χ3v) is 4.51. The summed E-state index contributed by atoms with van der Waals surface area (Å²) in [6, 6.07) is 5.49. The zero-order valence-electron chi connectivity index (χ0n) is 14.3. The summed E-state index contributed by atoms with van der Waals surface area (Å²) >= 11 is 0. The van der Waals surface area contributed by atoms with Crippen LogP contribution in [0.25, 0.3) is 0 Å². The zero-order valence-corrected chi connectivity index (χ0v) is 14.3. The smallest absolute Gasteiger partial charge is 0.254 e. The van der Waals surface area contributed by atoms with Gasteiger partial charge in [0.25, 0.3) is 5.91 Å². The second kappa shape index (κ2) is 7.59. The third-order valence-electron chi connectivity index (χ3n) is 4.51. The first-order valence-corrected chi connectivity index (χ1v) is 8.44. The number of benzene rings is 1. The van der Waals surface area contributed by atoms with E-state index in [1.807, 2.05) is 17.0 Å². The van der Waals surface area contributed by atoms with E-state index in [9.17, 15) is 9.59 Å². The van der Waals surface area contributed by atoms with E-state index in [0.717, 1.165) is 24.0 Å². The quantitative estimate of drug-likeness (QED) is 0.914. The van der Waals surface area contributed by atoms with Gasteiger partial charge in [-0.25, -0.2) is 0 Å². The molecule has 1 saturated heterocycles. The van der Waals surface area contributed by atoms with Crippen molar-refractivity contribution in [2.24, 2.45) is 5.73 Å². The fourth-order valence-electron chi connectivity index (χ4n) is 3.17. The second-order valence-electron chi connectivity index (χ2n) is 6.06. The van der Waals surface area contributed by atoms with Crippen LogP contribution in [0.5, 0.6) is 0 Å². The van der Waals surface area contributed by atoms with Crippen molar-refractivity contribution in [3.63, 3.8) is 0 Å². The Morgan fingerprint density at radius 1 is 1.09 bits per heavy atom. The minimum Gasteiger partial charge on any atom is -0.338 e. The van der Waals surface area contributed by atoms with Crippen LogP contribution in [-0.4, -0.2) is 53.8 Å². The Balaban J connectivity index is 2.10. The molecule has 1 heterocycles. The average molecular weight is 317 g/mol. The number of carbonyl (C=O) groups excluding carboxylic acids is 2. The largest absolute Gasteiger partial charge is 0.338 e. The first-order chi connectivity index (χ1) is 11.0. The second-order valence-corrected chi connectivity index (χ2v) is 6.06. The van der Waals surface area contributed by atoms with Crippen LogP contribution in [0, 0.1) is 0 Å². The molecule has 0 aromatic heterocycles. The molecule has 2 rings (SSSR count). The van der Waals surface area contributed by atoms with E-state index in [1.54, 1.807) is 11.8 Å². The van der Waals surface area contributed by atoms with Crippen molar-refractivity contribution < 1.29 is 9.59 Å². The molecule has 2 N–H and O–H groups in total. The number of nitrogens with two attached hydrogens (primary N) is 1. The summed E-state index contributed by atoms with van der Waals surface area (Å²) in [7, 11) is 0. The van der Waals surface area contributed by atoms with E-state index in [1.165, 1.54) is 5.56 Å². The van der Waals surface area contributed by atoms with Crippen LogP contribution >= 0.6 is 0 Å². The van der Waals surface area contributed by atoms with Gasteiger partial charge in [0.05, 0.1) is 6.04 Å². The summed E-state index contributed by atoms with van der Waals surface area (Å²) in [5.41, 5.74) is 8.84. The number of rotatable bonds is 4. The SMILES string of the molecule is CCc1cccc(C(=O)N2CCN(C(=O)C(C)N)CC2)c1CC. The maximum Gasteiger partial charge on any atom is 0.254 e. The standard InChI is InChI=1S/C18H27N3O2/c1-4-14-7-6-8-16(15(14)5-2)18(23)21-11-9-20(10-12-21)17(22)13(3)19/h6-8,13H,4-5,9-12,19H2,1-3H3. The lowest BCUT2D eigenvalue weighted by molar-refractivity contribution is -0.133. The Bertz CT molecular complexity index is 576. The first kappa shape index (κ1) is 17.5. The molecule has 1 aromatic rings. The Labute approximate surface area is 138 Å². The molecule has 1 aliphatic heterocycles. The normalized spacial score (nSPS) is 16.3. The molecule has 2 amide bonds. The molecule has 0 radical (unpaired) electrons. The number of hydrogen-bond donors (Lipinski definition) is 1. The van der Waals surface area contributed by atoms with Gasteiger partial charge in [0.1, 0.15) is 0 Å². The number of nitrogens with zero attached hydrogens (tertiary/aromatic N) is 2. The minimum atomic E-state index is -0.481. The van der Waals surface area contributed by atoms with Crippen LogP contribution in [0.15, 0.2) is 18.2 Å². The number of carbonyl (C=O) groups is 2. The van der Waals surface area contributed by atoms with Crippen LogP contribution in [0.4, 0.5) is 0 Å². The van der Waals surface area contributed by atoms with Crippen molar-refractivity contribution in [1.29, 1.82) is 0 Å². The minimum absolute atomic E-state index is 0.0423.